The molecule has 0 unspecified atom stereocenters. The number of thioether (sulfide) groups is 1. The molecule has 1 amide bonds. The number of benzene rings is 1. The summed E-state index contributed by atoms with van der Waals surface area (Å²) in [5.74, 6) is -2.09. The highest BCUT2D eigenvalue weighted by atomic mass is 35.5. The minimum atomic E-state index is -1.32. The fourth-order valence-corrected chi connectivity index (χ4v) is 4.13. The van der Waals surface area contributed by atoms with Crippen molar-refractivity contribution in [3.63, 3.8) is 0 Å². The first kappa shape index (κ1) is 19.2. The zero-order valence-electron chi connectivity index (χ0n) is 12.9. The van der Waals surface area contributed by atoms with Gasteiger partial charge in [0.1, 0.15) is 4.32 Å². The number of carboxylic acid groups (broad SMARTS) is 1. The lowest BCUT2D eigenvalue weighted by atomic mass is 9.98. The molecule has 1 heterocycles. The summed E-state index contributed by atoms with van der Waals surface area (Å²) in [6.45, 7) is 3.59. The second-order valence-corrected chi connectivity index (χ2v) is 7.83. The fraction of sp³-hybridized carbons (Fsp3) is 0.312. The normalized spacial score (nSPS) is 19.0. The summed E-state index contributed by atoms with van der Waals surface area (Å²) in [4.78, 5) is 25.6. The van der Waals surface area contributed by atoms with E-state index in [9.17, 15) is 14.7 Å². The molecule has 1 aromatic rings. The molecule has 0 aromatic heterocycles. The molecular weight excluding hydrogens is 389 g/mol. The Hall–Kier alpha value is -1.08. The highest BCUT2D eigenvalue weighted by molar-refractivity contribution is 8.26. The van der Waals surface area contributed by atoms with Crippen LogP contribution in [0.25, 0.3) is 6.08 Å². The second-order valence-electron chi connectivity index (χ2n) is 5.34. The number of amides is 1. The summed E-state index contributed by atoms with van der Waals surface area (Å²) < 4.78 is 0.184. The van der Waals surface area contributed by atoms with E-state index in [0.717, 1.165) is 16.7 Å². The Morgan fingerprint density at radius 3 is 2.50 bits per heavy atom. The molecule has 1 saturated heterocycles. The maximum atomic E-state index is 12.7. The Kier molecular flexibility index (Phi) is 6.31. The van der Waals surface area contributed by atoms with E-state index in [4.69, 9.17) is 35.4 Å². The standard InChI is InChI=1S/C16H15Cl2NO3S2/c1-3-8(2)13(15(21)22)19-14(20)12(24-16(19)23)7-9-10(17)5-4-6-11(9)18/h4-8,13H,3H2,1-2H3,(H,21,22)/p-1/b12-7-/t8-,13+/m0/s1. The second kappa shape index (κ2) is 7.87. The molecule has 1 fully saturated rings. The van der Waals surface area contributed by atoms with Gasteiger partial charge in [-0.3, -0.25) is 9.69 Å². The van der Waals surface area contributed by atoms with Crippen LogP contribution in [0.4, 0.5) is 0 Å². The zero-order chi connectivity index (χ0) is 18.0. The molecule has 2 atom stereocenters. The number of nitrogens with zero attached hydrogens (tertiary/aromatic N) is 1. The van der Waals surface area contributed by atoms with E-state index in [-0.39, 0.29) is 15.1 Å². The van der Waals surface area contributed by atoms with Crippen LogP contribution in [-0.2, 0) is 9.59 Å². The van der Waals surface area contributed by atoms with Crippen molar-refractivity contribution in [3.8, 4) is 0 Å². The SMILES string of the molecule is CC[C@H](C)[C@H](C(=O)[O-])N1C(=O)/C(=C/c2c(Cl)cccc2Cl)SC1=S. The van der Waals surface area contributed by atoms with E-state index < -0.39 is 17.9 Å². The molecule has 128 valence electrons. The quantitative estimate of drug-likeness (QED) is 0.558. The van der Waals surface area contributed by atoms with E-state index in [1.54, 1.807) is 25.1 Å². The lowest BCUT2D eigenvalue weighted by Gasteiger charge is -2.32. The van der Waals surface area contributed by atoms with E-state index >= 15 is 0 Å². The van der Waals surface area contributed by atoms with Gasteiger partial charge in [0.15, 0.2) is 0 Å². The van der Waals surface area contributed by atoms with Gasteiger partial charge in [-0.05, 0) is 24.1 Å². The van der Waals surface area contributed by atoms with Crippen LogP contribution in [0.3, 0.4) is 0 Å². The smallest absolute Gasteiger partial charge is 0.266 e. The largest absolute Gasteiger partial charge is 0.548 e. The van der Waals surface area contributed by atoms with Crippen molar-refractivity contribution in [2.45, 2.75) is 26.3 Å². The topological polar surface area (TPSA) is 60.4 Å². The maximum Gasteiger partial charge on any atom is 0.266 e. The molecular formula is C16H14Cl2NO3S2-. The molecule has 0 radical (unpaired) electrons. The van der Waals surface area contributed by atoms with Crippen LogP contribution in [0.1, 0.15) is 25.8 Å². The molecule has 8 heteroatoms. The summed E-state index contributed by atoms with van der Waals surface area (Å²) in [7, 11) is 0. The molecule has 0 bridgehead atoms. The Morgan fingerprint density at radius 1 is 1.42 bits per heavy atom. The van der Waals surface area contributed by atoms with Crippen molar-refractivity contribution in [3.05, 3.63) is 38.7 Å². The number of carbonyl (C=O) groups is 2. The Morgan fingerprint density at radius 2 is 2.00 bits per heavy atom. The number of carboxylic acids is 1. The van der Waals surface area contributed by atoms with E-state index in [0.29, 0.717) is 22.0 Å². The lowest BCUT2D eigenvalue weighted by Crippen LogP contribution is -2.53. The highest BCUT2D eigenvalue weighted by Crippen LogP contribution is 2.37. The van der Waals surface area contributed by atoms with Crippen LogP contribution < -0.4 is 5.11 Å². The first-order chi connectivity index (χ1) is 11.3. The third-order valence-corrected chi connectivity index (χ3v) is 5.79. The lowest BCUT2D eigenvalue weighted by molar-refractivity contribution is -0.311. The van der Waals surface area contributed by atoms with Crippen LogP contribution in [-0.4, -0.2) is 27.1 Å². The predicted molar refractivity (Wildman–Crippen MR) is 99.7 cm³/mol. The van der Waals surface area contributed by atoms with Crippen LogP contribution in [0, 0.1) is 5.92 Å². The average molecular weight is 403 g/mol. The molecule has 24 heavy (non-hydrogen) atoms. The van der Waals surface area contributed by atoms with Crippen molar-refractivity contribution in [2.75, 3.05) is 0 Å². The monoisotopic (exact) mass is 402 g/mol. The van der Waals surface area contributed by atoms with Gasteiger partial charge in [0, 0.05) is 15.6 Å². The maximum absolute atomic E-state index is 12.7. The minimum absolute atomic E-state index is 0.184. The molecule has 0 saturated carbocycles. The van der Waals surface area contributed by atoms with Crippen molar-refractivity contribution < 1.29 is 14.7 Å². The third kappa shape index (κ3) is 3.77. The van der Waals surface area contributed by atoms with Gasteiger partial charge < -0.3 is 9.90 Å². The van der Waals surface area contributed by atoms with Gasteiger partial charge in [0.25, 0.3) is 5.91 Å². The van der Waals surface area contributed by atoms with Gasteiger partial charge in [-0.25, -0.2) is 0 Å². The Bertz CT molecular complexity index is 716. The summed E-state index contributed by atoms with van der Waals surface area (Å²) in [5, 5.41) is 12.3. The van der Waals surface area contributed by atoms with E-state index in [2.05, 4.69) is 0 Å². The van der Waals surface area contributed by atoms with Gasteiger partial charge in [-0.1, -0.05) is 73.5 Å². The minimum Gasteiger partial charge on any atom is -0.548 e. The predicted octanol–water partition coefficient (Wildman–Crippen LogP) is 3.36. The van der Waals surface area contributed by atoms with E-state index in [1.807, 2.05) is 6.92 Å². The van der Waals surface area contributed by atoms with E-state index in [1.165, 1.54) is 6.08 Å². The summed E-state index contributed by atoms with van der Waals surface area (Å²) in [5.41, 5.74) is 0.495. The molecule has 2 rings (SSSR count). The molecule has 4 nitrogen and oxygen atoms in total. The van der Waals surface area contributed by atoms with Gasteiger partial charge >= 0.3 is 0 Å². The van der Waals surface area contributed by atoms with Crippen LogP contribution in [0.5, 0.6) is 0 Å². The number of thiocarbonyl (C=S) groups is 1. The van der Waals surface area contributed by atoms with Gasteiger partial charge in [-0.15, -0.1) is 0 Å². The van der Waals surface area contributed by atoms with Crippen molar-refractivity contribution in [1.82, 2.24) is 4.90 Å². The first-order valence-electron chi connectivity index (χ1n) is 7.19. The number of rotatable bonds is 5. The van der Waals surface area contributed by atoms with Gasteiger partial charge in [-0.2, -0.15) is 0 Å². The zero-order valence-corrected chi connectivity index (χ0v) is 16.1. The summed E-state index contributed by atoms with van der Waals surface area (Å²) in [6.07, 6.45) is 2.11. The highest BCUT2D eigenvalue weighted by Gasteiger charge is 2.39. The van der Waals surface area contributed by atoms with Crippen LogP contribution in [0.2, 0.25) is 10.0 Å². The average Bonchev–Trinajstić information content (AvgIpc) is 2.78. The van der Waals surface area contributed by atoms with Crippen molar-refractivity contribution in [1.29, 1.82) is 0 Å². The molecule has 0 N–H and O–H groups in total. The number of halogens is 2. The molecule has 0 aliphatic carbocycles. The Balaban J connectivity index is 2.42. The molecule has 1 aromatic carbocycles. The molecule has 1 aliphatic heterocycles. The number of aliphatic carboxylic acids is 1. The van der Waals surface area contributed by atoms with Crippen LogP contribution >= 0.6 is 47.2 Å². The van der Waals surface area contributed by atoms with Gasteiger partial charge in [0.05, 0.1) is 16.9 Å². The molecule has 1 aliphatic rings. The Labute approximate surface area is 159 Å². The number of hydrogen-bond acceptors (Lipinski definition) is 5. The number of hydrogen-bond donors (Lipinski definition) is 0. The van der Waals surface area contributed by atoms with Crippen molar-refractivity contribution >= 4 is 69.5 Å². The third-order valence-electron chi connectivity index (χ3n) is 3.80. The fourth-order valence-electron chi connectivity index (χ4n) is 2.31. The summed E-state index contributed by atoms with van der Waals surface area (Å²) >= 11 is 18.5. The molecule has 0 spiro atoms. The number of carbonyl (C=O) groups excluding carboxylic acids is 2. The first-order valence-corrected chi connectivity index (χ1v) is 9.17. The summed E-state index contributed by atoms with van der Waals surface area (Å²) in [6, 6.07) is 3.91. The van der Waals surface area contributed by atoms with Gasteiger partial charge in [0.2, 0.25) is 0 Å². The van der Waals surface area contributed by atoms with Crippen LogP contribution in [0.15, 0.2) is 23.1 Å². The van der Waals surface area contributed by atoms with Crippen molar-refractivity contribution in [2.24, 2.45) is 5.92 Å².